The van der Waals surface area contributed by atoms with Gasteiger partial charge >= 0.3 is 0 Å². The minimum atomic E-state index is -3.78. The van der Waals surface area contributed by atoms with Gasteiger partial charge in [0.2, 0.25) is 21.8 Å². The van der Waals surface area contributed by atoms with Crippen molar-refractivity contribution in [1.82, 2.24) is 10.2 Å². The summed E-state index contributed by atoms with van der Waals surface area (Å²) in [7, 11) is -3.78. The maximum atomic E-state index is 13.6. The zero-order valence-corrected chi connectivity index (χ0v) is 22.0. The number of unbranched alkanes of at least 4 members (excludes halogenated alkanes) is 1. The molecule has 0 aliphatic rings. The van der Waals surface area contributed by atoms with Gasteiger partial charge in [0.05, 0.1) is 11.9 Å². The van der Waals surface area contributed by atoms with Crippen molar-refractivity contribution in [3.05, 3.63) is 78.4 Å². The van der Waals surface area contributed by atoms with Crippen molar-refractivity contribution in [1.29, 1.82) is 0 Å². The second-order valence-corrected chi connectivity index (χ2v) is 10.8. The van der Waals surface area contributed by atoms with E-state index >= 15 is 0 Å². The Kier molecular flexibility index (Phi) is 9.47. The molecule has 0 aromatic heterocycles. The highest BCUT2D eigenvalue weighted by Crippen LogP contribution is 2.28. The highest BCUT2D eigenvalue weighted by atomic mass is 32.2. The van der Waals surface area contributed by atoms with Gasteiger partial charge in [-0.2, -0.15) is 0 Å². The van der Waals surface area contributed by atoms with Gasteiger partial charge in [-0.3, -0.25) is 13.9 Å². The van der Waals surface area contributed by atoms with Crippen molar-refractivity contribution < 1.29 is 18.0 Å². The van der Waals surface area contributed by atoms with E-state index in [0.29, 0.717) is 25.2 Å². The first kappa shape index (κ1) is 27.2. The Labute approximate surface area is 214 Å². The first-order chi connectivity index (χ1) is 17.2. The number of benzene rings is 3. The summed E-state index contributed by atoms with van der Waals surface area (Å²) < 4.78 is 26.9. The number of nitrogens with zero attached hydrogens (tertiary/aromatic N) is 2. The molecular weight excluding hydrogens is 474 g/mol. The SMILES string of the molecule is CCCCNC(=O)[C@@H](C)N(CCc1ccccc1)C(=O)CN(c1cccc2ccccc12)S(C)(=O)=O. The molecule has 3 rings (SSSR count). The zero-order chi connectivity index (χ0) is 26.1. The third-order valence-corrected chi connectivity index (χ3v) is 7.32. The van der Waals surface area contributed by atoms with Crippen LogP contribution in [0, 0.1) is 0 Å². The van der Waals surface area contributed by atoms with Gasteiger partial charge in [-0.25, -0.2) is 8.42 Å². The topological polar surface area (TPSA) is 86.8 Å². The average Bonchev–Trinajstić information content (AvgIpc) is 2.87. The minimum Gasteiger partial charge on any atom is -0.354 e. The lowest BCUT2D eigenvalue weighted by atomic mass is 10.1. The smallest absolute Gasteiger partial charge is 0.244 e. The third kappa shape index (κ3) is 7.07. The molecule has 0 fully saturated rings. The summed E-state index contributed by atoms with van der Waals surface area (Å²) in [5.41, 5.74) is 1.47. The van der Waals surface area contributed by atoms with Crippen molar-refractivity contribution in [2.45, 2.75) is 39.2 Å². The van der Waals surface area contributed by atoms with Crippen molar-refractivity contribution >= 4 is 38.3 Å². The van der Waals surface area contributed by atoms with Gasteiger partial charge < -0.3 is 10.2 Å². The summed E-state index contributed by atoms with van der Waals surface area (Å²) in [5, 5.41) is 4.50. The Morgan fingerprint density at radius 1 is 0.944 bits per heavy atom. The highest BCUT2D eigenvalue weighted by molar-refractivity contribution is 7.92. The molecule has 192 valence electrons. The quantitative estimate of drug-likeness (QED) is 0.374. The van der Waals surface area contributed by atoms with Crippen molar-refractivity contribution in [2.24, 2.45) is 0 Å². The predicted octanol–water partition coefficient (Wildman–Crippen LogP) is 3.98. The fraction of sp³-hybridized carbons (Fsp3) is 0.357. The molecule has 0 spiro atoms. The second-order valence-electron chi connectivity index (χ2n) is 8.91. The van der Waals surface area contributed by atoms with Gasteiger partial charge in [0.15, 0.2) is 0 Å². The number of nitrogens with one attached hydrogen (secondary N) is 1. The number of hydrogen-bond donors (Lipinski definition) is 1. The van der Waals surface area contributed by atoms with Gasteiger partial charge in [-0.05, 0) is 36.8 Å². The number of carbonyl (C=O) groups excluding carboxylic acids is 2. The third-order valence-electron chi connectivity index (χ3n) is 6.20. The molecule has 0 saturated heterocycles. The standard InChI is InChI=1S/C28H35N3O4S/c1-4-5-19-29-28(33)22(2)30(20-18-23-12-7-6-8-13-23)27(32)21-31(36(3,34)35)26-17-11-15-24-14-9-10-16-25(24)26/h6-17,22H,4-5,18-21H2,1-3H3,(H,29,33)/t22-/m1/s1. The number of carbonyl (C=O) groups is 2. The van der Waals surface area contributed by atoms with Crippen LogP contribution in [0.25, 0.3) is 10.8 Å². The first-order valence-electron chi connectivity index (χ1n) is 12.3. The van der Waals surface area contributed by atoms with Gasteiger partial charge in [0, 0.05) is 18.5 Å². The minimum absolute atomic E-state index is 0.249. The van der Waals surface area contributed by atoms with Crippen molar-refractivity contribution in [3.8, 4) is 0 Å². The van der Waals surface area contributed by atoms with Crippen LogP contribution in [-0.2, 0) is 26.0 Å². The molecule has 0 bridgehead atoms. The van der Waals surface area contributed by atoms with Crippen LogP contribution in [0.5, 0.6) is 0 Å². The lowest BCUT2D eigenvalue weighted by molar-refractivity contribution is -0.138. The van der Waals surface area contributed by atoms with Gasteiger partial charge in [-0.1, -0.05) is 80.1 Å². The molecule has 3 aromatic rings. The average molecular weight is 510 g/mol. The molecule has 0 heterocycles. The second kappa shape index (κ2) is 12.5. The summed E-state index contributed by atoms with van der Waals surface area (Å²) in [6.45, 7) is 4.16. The number of amides is 2. The molecule has 0 radical (unpaired) electrons. The van der Waals surface area contributed by atoms with E-state index in [4.69, 9.17) is 0 Å². The predicted molar refractivity (Wildman–Crippen MR) is 145 cm³/mol. The Hall–Kier alpha value is -3.39. The Bertz CT molecular complexity index is 1270. The van der Waals surface area contributed by atoms with Gasteiger partial charge in [-0.15, -0.1) is 0 Å². The molecule has 1 N–H and O–H groups in total. The number of anilines is 1. The molecule has 0 aliphatic heterocycles. The van der Waals surface area contributed by atoms with Crippen LogP contribution in [0.2, 0.25) is 0 Å². The zero-order valence-electron chi connectivity index (χ0n) is 21.2. The summed E-state index contributed by atoms with van der Waals surface area (Å²) in [4.78, 5) is 28.0. The highest BCUT2D eigenvalue weighted by Gasteiger charge is 2.30. The summed E-state index contributed by atoms with van der Waals surface area (Å²) in [6.07, 6.45) is 3.43. The maximum absolute atomic E-state index is 13.6. The lowest BCUT2D eigenvalue weighted by Gasteiger charge is -2.31. The van der Waals surface area contributed by atoms with Gasteiger partial charge in [0.25, 0.3) is 0 Å². The van der Waals surface area contributed by atoms with E-state index in [1.54, 1.807) is 19.1 Å². The van der Waals surface area contributed by atoms with Crippen LogP contribution < -0.4 is 9.62 Å². The van der Waals surface area contributed by atoms with Crippen LogP contribution in [-0.4, -0.2) is 57.1 Å². The Balaban J connectivity index is 1.90. The fourth-order valence-electron chi connectivity index (χ4n) is 4.13. The van der Waals surface area contributed by atoms with Crippen LogP contribution in [0.4, 0.5) is 5.69 Å². The van der Waals surface area contributed by atoms with Crippen molar-refractivity contribution in [2.75, 3.05) is 30.2 Å². The Morgan fingerprint density at radius 2 is 1.61 bits per heavy atom. The molecule has 1 atom stereocenters. The van der Waals surface area contributed by atoms with Crippen LogP contribution in [0.15, 0.2) is 72.8 Å². The van der Waals surface area contributed by atoms with E-state index in [2.05, 4.69) is 5.32 Å². The molecule has 0 saturated carbocycles. The van der Waals surface area contributed by atoms with E-state index in [1.807, 2.05) is 67.6 Å². The van der Waals surface area contributed by atoms with Crippen LogP contribution in [0.3, 0.4) is 0 Å². The Morgan fingerprint density at radius 3 is 2.31 bits per heavy atom. The number of sulfonamides is 1. The van der Waals surface area contributed by atoms with E-state index < -0.39 is 28.5 Å². The fourth-order valence-corrected chi connectivity index (χ4v) is 4.99. The van der Waals surface area contributed by atoms with E-state index in [-0.39, 0.29) is 5.91 Å². The normalized spacial score (nSPS) is 12.2. The monoisotopic (exact) mass is 509 g/mol. The molecule has 2 amide bonds. The van der Waals surface area contributed by atoms with E-state index in [9.17, 15) is 18.0 Å². The number of fused-ring (bicyclic) bond motifs is 1. The largest absolute Gasteiger partial charge is 0.354 e. The van der Waals surface area contributed by atoms with E-state index in [1.165, 1.54) is 4.90 Å². The molecule has 3 aromatic carbocycles. The molecule has 36 heavy (non-hydrogen) atoms. The van der Waals surface area contributed by atoms with Gasteiger partial charge in [0.1, 0.15) is 12.6 Å². The molecule has 0 aliphatic carbocycles. The summed E-state index contributed by atoms with van der Waals surface area (Å²) in [5.74, 6) is -0.677. The first-order valence-corrected chi connectivity index (χ1v) is 14.1. The summed E-state index contributed by atoms with van der Waals surface area (Å²) >= 11 is 0. The van der Waals surface area contributed by atoms with Crippen LogP contribution in [0.1, 0.15) is 32.3 Å². The molecule has 0 unspecified atom stereocenters. The lowest BCUT2D eigenvalue weighted by Crippen LogP contribution is -2.52. The number of rotatable bonds is 12. The number of hydrogen-bond acceptors (Lipinski definition) is 4. The van der Waals surface area contributed by atoms with E-state index in [0.717, 1.165) is 39.7 Å². The maximum Gasteiger partial charge on any atom is 0.244 e. The van der Waals surface area contributed by atoms with Crippen molar-refractivity contribution in [3.63, 3.8) is 0 Å². The molecular formula is C28H35N3O4S. The summed E-state index contributed by atoms with van der Waals surface area (Å²) in [6, 6.07) is 21.8. The molecule has 8 heteroatoms. The molecule has 7 nitrogen and oxygen atoms in total. The van der Waals surface area contributed by atoms with Crippen LogP contribution >= 0.6 is 0 Å².